The molecule has 0 unspecified atom stereocenters. The van der Waals surface area contributed by atoms with E-state index in [0.29, 0.717) is 49.6 Å². The van der Waals surface area contributed by atoms with Crippen molar-refractivity contribution in [3.63, 3.8) is 0 Å². The molecule has 3 N–H and O–H groups in total. The number of aromatic nitrogens is 2. The Balaban J connectivity index is 0.00000417. The minimum Gasteiger partial charge on any atom is -1.00 e. The number of rotatable bonds is 12. The number of thiazole rings is 1. The van der Waals surface area contributed by atoms with Gasteiger partial charge < -0.3 is 27.2 Å². The van der Waals surface area contributed by atoms with Crippen molar-refractivity contribution in [1.29, 1.82) is 0 Å². The van der Waals surface area contributed by atoms with Crippen molar-refractivity contribution >= 4 is 44.0 Å². The number of ketones is 1. The lowest BCUT2D eigenvalue weighted by Gasteiger charge is -2.19. The third-order valence-electron chi connectivity index (χ3n) is 9.80. The van der Waals surface area contributed by atoms with E-state index in [9.17, 15) is 18.0 Å². The number of amides is 1. The van der Waals surface area contributed by atoms with Gasteiger partial charge in [-0.05, 0) is 57.1 Å². The average molecular weight is 689 g/mol. The number of hydrogen-bond acceptors (Lipinski definition) is 9. The summed E-state index contributed by atoms with van der Waals surface area (Å²) in [5.74, 6) is 0.780. The van der Waals surface area contributed by atoms with Gasteiger partial charge in [-0.15, -0.1) is 17.9 Å². The molecule has 0 radical (unpaired) electrons. The summed E-state index contributed by atoms with van der Waals surface area (Å²) in [5, 5.41) is 5.67. The summed E-state index contributed by atoms with van der Waals surface area (Å²) < 4.78 is 39.1. The fourth-order valence-electron chi connectivity index (χ4n) is 6.23. The number of ether oxygens (including phenoxy) is 2. The zero-order valence-corrected chi connectivity index (χ0v) is 29.2. The Morgan fingerprint density at radius 1 is 1.24 bits per heavy atom. The summed E-state index contributed by atoms with van der Waals surface area (Å²) in [5.41, 5.74) is 2.32. The van der Waals surface area contributed by atoms with E-state index in [1.807, 2.05) is 30.4 Å². The Labute approximate surface area is 280 Å². The number of nitrogens with zero attached hydrogens (tertiary/aromatic N) is 2. The van der Waals surface area contributed by atoms with Crippen LogP contribution in [0.4, 0.5) is 0 Å². The van der Waals surface area contributed by atoms with Crippen LogP contribution >= 0.6 is 11.3 Å². The lowest BCUT2D eigenvalue weighted by atomic mass is 9.92. The number of nitrogens with one attached hydrogen (secondary N) is 1. The SMILES string of the molecule is C=C[C@@H]1C[C@]1(CC(=O)[C@@H]1C[C@@H](Oc2cc(-c3nc(C(C)C)cs3)nc3c(C)c(OC)ccc23)C[NH2+]1)C(=O)NS(=O)(=O)C1(C)CC1.[Cl-]. The largest absolute Gasteiger partial charge is 1.00 e. The summed E-state index contributed by atoms with van der Waals surface area (Å²) in [7, 11) is -2.17. The van der Waals surface area contributed by atoms with Crippen LogP contribution in [0.3, 0.4) is 0 Å². The van der Waals surface area contributed by atoms with Gasteiger partial charge in [-0.3, -0.25) is 14.3 Å². The Kier molecular flexibility index (Phi) is 9.33. The van der Waals surface area contributed by atoms with Crippen molar-refractivity contribution in [2.75, 3.05) is 13.7 Å². The molecule has 4 atom stereocenters. The molecule has 3 heterocycles. The molecule has 3 fully saturated rings. The van der Waals surface area contributed by atoms with Gasteiger partial charge in [0.2, 0.25) is 15.9 Å². The Morgan fingerprint density at radius 2 is 1.98 bits per heavy atom. The van der Waals surface area contributed by atoms with Crippen LogP contribution in [0.1, 0.15) is 70.1 Å². The van der Waals surface area contributed by atoms with E-state index in [-0.39, 0.29) is 36.6 Å². The molecule has 1 amide bonds. The number of carbonyl (C=O) groups is 2. The number of methoxy groups -OCH3 is 1. The molecule has 6 rings (SSSR count). The van der Waals surface area contributed by atoms with E-state index >= 15 is 0 Å². The second-order valence-corrected chi connectivity index (χ2v) is 16.4. The van der Waals surface area contributed by atoms with Crippen molar-refractivity contribution in [2.24, 2.45) is 11.3 Å². The van der Waals surface area contributed by atoms with Crippen LogP contribution in [0.2, 0.25) is 0 Å². The molecule has 3 aromatic rings. The van der Waals surface area contributed by atoms with E-state index in [1.165, 1.54) is 0 Å². The topological polar surface area (TPSA) is 141 Å². The highest BCUT2D eigenvalue weighted by Crippen LogP contribution is 2.57. The quantitative estimate of drug-likeness (QED) is 0.269. The van der Waals surface area contributed by atoms with Gasteiger partial charge in [0, 0.05) is 35.2 Å². The van der Waals surface area contributed by atoms with Crippen LogP contribution in [0.25, 0.3) is 21.6 Å². The molecule has 3 aliphatic rings. The summed E-state index contributed by atoms with van der Waals surface area (Å²) in [6.45, 7) is 12.2. The highest BCUT2D eigenvalue weighted by Gasteiger charge is 2.62. The van der Waals surface area contributed by atoms with Crippen LogP contribution < -0.4 is 31.9 Å². The summed E-state index contributed by atoms with van der Waals surface area (Å²) >= 11 is 1.55. The first-order valence-corrected chi connectivity index (χ1v) is 17.8. The number of aryl methyl sites for hydroxylation is 1. The number of carbonyl (C=O) groups excluding carboxylic acids is 2. The average Bonchev–Trinajstić information content (AvgIpc) is 3.76. The first-order chi connectivity index (χ1) is 21.3. The summed E-state index contributed by atoms with van der Waals surface area (Å²) in [4.78, 5) is 36.6. The van der Waals surface area contributed by atoms with Crippen LogP contribution in [0.15, 0.2) is 36.2 Å². The van der Waals surface area contributed by atoms with E-state index in [0.717, 1.165) is 32.9 Å². The van der Waals surface area contributed by atoms with E-state index in [2.05, 4.69) is 30.5 Å². The monoisotopic (exact) mass is 688 g/mol. The van der Waals surface area contributed by atoms with Crippen LogP contribution in [0, 0.1) is 18.3 Å². The molecular formula is C33H41ClN4O6S2. The highest BCUT2D eigenvalue weighted by molar-refractivity contribution is 7.91. The smallest absolute Gasteiger partial charge is 0.240 e. The van der Waals surface area contributed by atoms with Crippen LogP contribution in [-0.4, -0.2) is 60.6 Å². The van der Waals surface area contributed by atoms with Crippen molar-refractivity contribution in [1.82, 2.24) is 14.7 Å². The van der Waals surface area contributed by atoms with Crippen molar-refractivity contribution in [3.8, 4) is 22.2 Å². The predicted molar refractivity (Wildman–Crippen MR) is 173 cm³/mol. The van der Waals surface area contributed by atoms with Gasteiger partial charge >= 0.3 is 0 Å². The lowest BCUT2D eigenvalue weighted by Crippen LogP contribution is -3.00. The molecule has 10 nitrogen and oxygen atoms in total. The third-order valence-corrected chi connectivity index (χ3v) is 12.8. The molecule has 2 aromatic heterocycles. The predicted octanol–water partition coefficient (Wildman–Crippen LogP) is 1.04. The Hall–Kier alpha value is -3.06. The molecule has 248 valence electrons. The molecule has 46 heavy (non-hydrogen) atoms. The van der Waals surface area contributed by atoms with Gasteiger partial charge in [-0.25, -0.2) is 18.4 Å². The Bertz CT molecular complexity index is 1800. The molecule has 13 heteroatoms. The maximum absolute atomic E-state index is 13.6. The van der Waals surface area contributed by atoms with Gasteiger partial charge in [-0.1, -0.05) is 19.9 Å². The molecule has 1 aromatic carbocycles. The summed E-state index contributed by atoms with van der Waals surface area (Å²) in [6, 6.07) is 5.37. The number of nitrogens with two attached hydrogens (primary N) is 1. The normalized spacial score (nSPS) is 24.7. The molecule has 1 saturated heterocycles. The standard InChI is InChI=1S/C33H40N4O6S2.ClH/c1-7-20-14-33(20,31(39)37-45(40,41)32(5)10-11-32)15-26(38)23-12-21(16-34-23)43-28-13-24(30-36-25(17-44-30)18(2)3)35-29-19(4)27(42-6)9-8-22(28)29;/h7-9,13,17-18,20-21,23,34H,1,10-12,14-16H2,2-6H3,(H,37,39);1H/t20-,21-,23+,33-;/m1./s1. The van der Waals surface area contributed by atoms with Gasteiger partial charge in [0.25, 0.3) is 0 Å². The van der Waals surface area contributed by atoms with Gasteiger partial charge in [0.1, 0.15) is 34.8 Å². The molecule has 1 aliphatic heterocycles. The third kappa shape index (κ3) is 6.16. The number of benzene rings is 1. The zero-order chi connectivity index (χ0) is 32.3. The highest BCUT2D eigenvalue weighted by atomic mass is 35.5. The molecule has 2 aliphatic carbocycles. The van der Waals surface area contributed by atoms with Crippen molar-refractivity contribution in [3.05, 3.63) is 47.5 Å². The minimum atomic E-state index is -3.80. The van der Waals surface area contributed by atoms with Crippen LogP contribution in [0.5, 0.6) is 11.5 Å². The number of halogens is 1. The van der Waals surface area contributed by atoms with Gasteiger partial charge in [-0.2, -0.15) is 0 Å². The van der Waals surface area contributed by atoms with Gasteiger partial charge in [0.15, 0.2) is 11.9 Å². The Morgan fingerprint density at radius 3 is 2.59 bits per heavy atom. The molecule has 0 bridgehead atoms. The summed E-state index contributed by atoms with van der Waals surface area (Å²) in [6.07, 6.45) is 3.30. The fourth-order valence-corrected chi connectivity index (χ4v) is 8.50. The maximum Gasteiger partial charge on any atom is 0.240 e. The number of pyridine rings is 1. The number of hydrogen-bond donors (Lipinski definition) is 2. The molecule has 0 spiro atoms. The van der Waals surface area contributed by atoms with E-state index in [1.54, 1.807) is 31.4 Å². The molecule has 2 saturated carbocycles. The first kappa shape index (κ1) is 34.3. The lowest BCUT2D eigenvalue weighted by molar-refractivity contribution is -0.659. The fraction of sp³-hybridized carbons (Fsp3) is 0.515. The van der Waals surface area contributed by atoms with Crippen LogP contribution in [-0.2, 0) is 19.6 Å². The maximum atomic E-state index is 13.6. The second-order valence-electron chi connectivity index (χ2n) is 13.3. The first-order valence-electron chi connectivity index (χ1n) is 15.5. The van der Waals surface area contributed by atoms with Crippen molar-refractivity contribution in [2.45, 2.75) is 82.6 Å². The van der Waals surface area contributed by atoms with E-state index in [4.69, 9.17) is 19.4 Å². The second kappa shape index (κ2) is 12.5. The number of allylic oxidation sites excluding steroid dienone is 1. The number of Topliss-reactive ketones (excluding diaryl/α,β-unsaturated/α-hetero) is 1. The zero-order valence-electron chi connectivity index (χ0n) is 26.8. The number of quaternary nitrogens is 1. The van der Waals surface area contributed by atoms with Gasteiger partial charge in [0.05, 0.1) is 28.5 Å². The minimum absolute atomic E-state index is 0. The van der Waals surface area contributed by atoms with E-state index < -0.39 is 32.1 Å². The number of sulfonamides is 1. The number of fused-ring (bicyclic) bond motifs is 1. The molecular weight excluding hydrogens is 648 g/mol. The van der Waals surface area contributed by atoms with Crippen molar-refractivity contribution < 1.29 is 45.2 Å².